The molecule has 0 fully saturated rings. The van der Waals surface area contributed by atoms with E-state index in [1.54, 1.807) is 6.07 Å². The summed E-state index contributed by atoms with van der Waals surface area (Å²) in [5.41, 5.74) is 1.66. The second-order valence-corrected chi connectivity index (χ2v) is 6.02. The number of halogens is 1. The Morgan fingerprint density at radius 3 is 2.05 bits per heavy atom. The Balaban J connectivity index is 1.94. The molecule has 21 heavy (non-hydrogen) atoms. The monoisotopic (exact) mass is 293 g/mol. The van der Waals surface area contributed by atoms with Crippen LogP contribution in [0.15, 0.2) is 18.2 Å². The van der Waals surface area contributed by atoms with E-state index in [2.05, 4.69) is 12.2 Å². The number of rotatable bonds is 12. The van der Waals surface area contributed by atoms with Gasteiger partial charge in [0.25, 0.3) is 0 Å². The molecule has 0 saturated carbocycles. The van der Waals surface area contributed by atoms with Crippen molar-refractivity contribution in [3.8, 4) is 0 Å². The summed E-state index contributed by atoms with van der Waals surface area (Å²) < 4.78 is 13.4. The van der Waals surface area contributed by atoms with E-state index in [0.717, 1.165) is 17.8 Å². The standard InChI is InChI=1S/C19H32FN/c1-3-4-5-6-7-8-9-10-11-12-16-21-19-15-13-14-18(20)17(19)2/h13-15,21H,3-12,16H2,1-2H3. The van der Waals surface area contributed by atoms with Gasteiger partial charge in [-0.3, -0.25) is 0 Å². The Morgan fingerprint density at radius 1 is 0.857 bits per heavy atom. The summed E-state index contributed by atoms with van der Waals surface area (Å²) in [6, 6.07) is 5.24. The highest BCUT2D eigenvalue weighted by atomic mass is 19.1. The number of hydrogen-bond donors (Lipinski definition) is 1. The predicted octanol–water partition coefficient (Wildman–Crippen LogP) is 6.47. The van der Waals surface area contributed by atoms with Crippen LogP contribution in [0.5, 0.6) is 0 Å². The van der Waals surface area contributed by atoms with E-state index in [1.807, 2.05) is 13.0 Å². The lowest BCUT2D eigenvalue weighted by Crippen LogP contribution is -2.03. The zero-order valence-electron chi connectivity index (χ0n) is 13.9. The van der Waals surface area contributed by atoms with Crippen molar-refractivity contribution in [2.75, 3.05) is 11.9 Å². The maximum atomic E-state index is 13.4. The molecule has 1 rings (SSSR count). The van der Waals surface area contributed by atoms with Crippen LogP contribution >= 0.6 is 0 Å². The number of unbranched alkanes of at least 4 members (excludes halogenated alkanes) is 9. The van der Waals surface area contributed by atoms with Gasteiger partial charge >= 0.3 is 0 Å². The maximum absolute atomic E-state index is 13.4. The maximum Gasteiger partial charge on any atom is 0.128 e. The Bertz CT molecular complexity index is 376. The molecule has 0 bridgehead atoms. The second kappa shape index (κ2) is 11.6. The number of hydrogen-bond acceptors (Lipinski definition) is 1. The van der Waals surface area contributed by atoms with Crippen LogP contribution in [0.25, 0.3) is 0 Å². The summed E-state index contributed by atoms with van der Waals surface area (Å²) in [5.74, 6) is -0.122. The Kier molecular flexibility index (Phi) is 9.94. The van der Waals surface area contributed by atoms with E-state index in [4.69, 9.17) is 0 Å². The molecule has 1 nitrogen and oxygen atoms in total. The summed E-state index contributed by atoms with van der Waals surface area (Å²) in [4.78, 5) is 0. The Labute approximate surface area is 130 Å². The molecule has 0 amide bonds. The molecular formula is C19H32FN. The summed E-state index contributed by atoms with van der Waals surface area (Å²) >= 11 is 0. The van der Waals surface area contributed by atoms with Crippen LogP contribution in [0.2, 0.25) is 0 Å². The summed E-state index contributed by atoms with van der Waals surface area (Å²) in [6.45, 7) is 5.04. The summed E-state index contributed by atoms with van der Waals surface area (Å²) in [5, 5.41) is 3.34. The van der Waals surface area contributed by atoms with Crippen LogP contribution in [0.4, 0.5) is 10.1 Å². The van der Waals surface area contributed by atoms with Gasteiger partial charge in [0.1, 0.15) is 5.82 Å². The Hall–Kier alpha value is -1.05. The molecule has 1 aromatic rings. The largest absolute Gasteiger partial charge is 0.385 e. The molecule has 2 heteroatoms. The molecule has 1 aromatic carbocycles. The minimum absolute atomic E-state index is 0.122. The molecule has 1 N–H and O–H groups in total. The van der Waals surface area contributed by atoms with E-state index in [0.29, 0.717) is 0 Å². The van der Waals surface area contributed by atoms with E-state index in [-0.39, 0.29) is 5.82 Å². The van der Waals surface area contributed by atoms with Gasteiger partial charge in [-0.05, 0) is 25.5 Å². The fraction of sp³-hybridized carbons (Fsp3) is 0.684. The van der Waals surface area contributed by atoms with E-state index < -0.39 is 0 Å². The first-order valence-electron chi connectivity index (χ1n) is 8.74. The van der Waals surface area contributed by atoms with Gasteiger partial charge < -0.3 is 5.32 Å². The zero-order chi connectivity index (χ0) is 15.3. The van der Waals surface area contributed by atoms with Crippen molar-refractivity contribution in [3.63, 3.8) is 0 Å². The molecule has 120 valence electrons. The number of benzene rings is 1. The smallest absolute Gasteiger partial charge is 0.128 e. The SMILES string of the molecule is CCCCCCCCCCCCNc1cccc(F)c1C. The zero-order valence-corrected chi connectivity index (χ0v) is 13.9. The van der Waals surface area contributed by atoms with Crippen molar-refractivity contribution in [3.05, 3.63) is 29.6 Å². The average molecular weight is 293 g/mol. The minimum Gasteiger partial charge on any atom is -0.385 e. The minimum atomic E-state index is -0.122. The van der Waals surface area contributed by atoms with Crippen molar-refractivity contribution in [1.29, 1.82) is 0 Å². The van der Waals surface area contributed by atoms with Crippen LogP contribution in [0.3, 0.4) is 0 Å². The van der Waals surface area contributed by atoms with Gasteiger partial charge in [-0.15, -0.1) is 0 Å². The lowest BCUT2D eigenvalue weighted by molar-refractivity contribution is 0.560. The van der Waals surface area contributed by atoms with Gasteiger partial charge in [-0.1, -0.05) is 70.8 Å². The van der Waals surface area contributed by atoms with Crippen molar-refractivity contribution < 1.29 is 4.39 Å². The van der Waals surface area contributed by atoms with Crippen molar-refractivity contribution in [1.82, 2.24) is 0 Å². The molecular weight excluding hydrogens is 261 g/mol. The fourth-order valence-corrected chi connectivity index (χ4v) is 2.63. The molecule has 0 aliphatic heterocycles. The molecule has 0 atom stereocenters. The molecule has 0 heterocycles. The van der Waals surface area contributed by atoms with Crippen LogP contribution in [0.1, 0.15) is 76.7 Å². The van der Waals surface area contributed by atoms with Crippen molar-refractivity contribution >= 4 is 5.69 Å². The van der Waals surface area contributed by atoms with Crippen LogP contribution < -0.4 is 5.32 Å². The second-order valence-electron chi connectivity index (χ2n) is 6.02. The highest BCUT2D eigenvalue weighted by Gasteiger charge is 2.01. The van der Waals surface area contributed by atoms with Crippen LogP contribution in [-0.4, -0.2) is 6.54 Å². The van der Waals surface area contributed by atoms with Gasteiger partial charge in [0.05, 0.1) is 0 Å². The summed E-state index contributed by atoms with van der Waals surface area (Å²) in [6.07, 6.45) is 13.5. The molecule has 0 radical (unpaired) electrons. The van der Waals surface area contributed by atoms with Crippen LogP contribution in [-0.2, 0) is 0 Å². The quantitative estimate of drug-likeness (QED) is 0.436. The lowest BCUT2D eigenvalue weighted by Gasteiger charge is -2.09. The third kappa shape index (κ3) is 8.08. The molecule has 0 saturated heterocycles. The first-order valence-corrected chi connectivity index (χ1v) is 8.74. The lowest BCUT2D eigenvalue weighted by atomic mass is 10.1. The van der Waals surface area contributed by atoms with Gasteiger partial charge in [0.2, 0.25) is 0 Å². The fourth-order valence-electron chi connectivity index (χ4n) is 2.63. The average Bonchev–Trinajstić information content (AvgIpc) is 2.49. The highest BCUT2D eigenvalue weighted by molar-refractivity contribution is 5.50. The summed E-state index contributed by atoms with van der Waals surface area (Å²) in [7, 11) is 0. The van der Waals surface area contributed by atoms with Crippen molar-refractivity contribution in [2.24, 2.45) is 0 Å². The van der Waals surface area contributed by atoms with Gasteiger partial charge in [0, 0.05) is 17.8 Å². The van der Waals surface area contributed by atoms with Crippen molar-refractivity contribution in [2.45, 2.75) is 78.1 Å². The molecule has 0 aromatic heterocycles. The molecule has 0 aliphatic rings. The first-order chi connectivity index (χ1) is 10.3. The van der Waals surface area contributed by atoms with Gasteiger partial charge in [0.15, 0.2) is 0 Å². The molecule has 0 unspecified atom stereocenters. The van der Waals surface area contributed by atoms with Gasteiger partial charge in [-0.25, -0.2) is 4.39 Å². The van der Waals surface area contributed by atoms with E-state index in [1.165, 1.54) is 70.3 Å². The third-order valence-electron chi connectivity index (χ3n) is 4.11. The number of anilines is 1. The van der Waals surface area contributed by atoms with E-state index in [9.17, 15) is 4.39 Å². The topological polar surface area (TPSA) is 12.0 Å². The van der Waals surface area contributed by atoms with E-state index >= 15 is 0 Å². The highest BCUT2D eigenvalue weighted by Crippen LogP contribution is 2.17. The first kappa shape index (κ1) is 18.0. The Morgan fingerprint density at radius 2 is 1.43 bits per heavy atom. The molecule has 0 spiro atoms. The van der Waals surface area contributed by atoms with Gasteiger partial charge in [-0.2, -0.15) is 0 Å². The molecule has 0 aliphatic carbocycles. The normalized spacial score (nSPS) is 10.8. The van der Waals surface area contributed by atoms with Crippen LogP contribution in [0, 0.1) is 12.7 Å². The third-order valence-corrected chi connectivity index (χ3v) is 4.11. The number of nitrogens with one attached hydrogen (secondary N) is 1. The predicted molar refractivity (Wildman–Crippen MR) is 91.5 cm³/mol.